The molecule has 6 aromatic rings. The smallest absolute Gasteiger partial charge is 0.0731 e. The molecule has 0 N–H and O–H groups in total. The first-order chi connectivity index (χ1) is 21.7. The second-order valence-corrected chi connectivity index (χ2v) is 13.5. The van der Waals surface area contributed by atoms with Gasteiger partial charge in [-0.1, -0.05) is 105 Å². The lowest BCUT2D eigenvalue weighted by molar-refractivity contribution is 0.135. The second kappa shape index (κ2) is 10.4. The fraction of sp³-hybridized carbons (Fsp3) is 0.100. The highest BCUT2D eigenvalue weighted by atomic mass is 79.9. The van der Waals surface area contributed by atoms with E-state index in [4.69, 9.17) is 9.47 Å². The van der Waals surface area contributed by atoms with E-state index in [0.29, 0.717) is 26.4 Å². The third-order valence-electron chi connectivity index (χ3n) is 9.37. The summed E-state index contributed by atoms with van der Waals surface area (Å²) in [5.41, 5.74) is 20.2. The highest BCUT2D eigenvalue weighted by Gasteiger charge is 2.32. The van der Waals surface area contributed by atoms with Crippen LogP contribution < -0.4 is 0 Å². The van der Waals surface area contributed by atoms with Crippen molar-refractivity contribution < 1.29 is 9.47 Å². The number of fused-ring (bicyclic) bond motifs is 12. The Bertz CT molecular complexity index is 1970. The van der Waals surface area contributed by atoms with Gasteiger partial charge in [-0.3, -0.25) is 0 Å². The van der Waals surface area contributed by atoms with E-state index in [1.807, 2.05) is 0 Å². The summed E-state index contributed by atoms with van der Waals surface area (Å²) in [6, 6.07) is 40.0. The second-order valence-electron chi connectivity index (χ2n) is 11.7. The molecule has 0 amide bonds. The standard InChI is InChI=1S/C40H26Br2O2/c41-25-13-9-23(10-14-25)31-17-33-27-5-1-3-7-29(27)39-34(28-6-2-4-8-30(28)40(33)38-22-44-19-35(31)38)18-32(36-20-43-21-37(36)39)24-11-15-26(42)16-12-24/h1-18H,19-22H2. The minimum absolute atomic E-state index is 0.605. The molecule has 9 rings (SSSR count). The molecule has 0 spiro atoms. The Balaban J connectivity index is 1.41. The van der Waals surface area contributed by atoms with Gasteiger partial charge < -0.3 is 9.47 Å². The maximum Gasteiger partial charge on any atom is 0.0731 e. The van der Waals surface area contributed by atoms with Crippen molar-refractivity contribution in [2.45, 2.75) is 26.4 Å². The lowest BCUT2D eigenvalue weighted by Crippen LogP contribution is -2.04. The minimum Gasteiger partial charge on any atom is -0.372 e. The Hall–Kier alpha value is -3.80. The number of ether oxygens (including phenoxy) is 2. The summed E-state index contributed by atoms with van der Waals surface area (Å²) in [6.07, 6.45) is 0. The normalized spacial score (nSPS) is 14.0. The first-order valence-corrected chi connectivity index (χ1v) is 16.5. The average molecular weight is 698 g/mol. The molecule has 0 aromatic heterocycles. The number of hydrogen-bond acceptors (Lipinski definition) is 2. The summed E-state index contributed by atoms with van der Waals surface area (Å²) in [5.74, 6) is 0. The maximum atomic E-state index is 6.23. The van der Waals surface area contributed by atoms with Crippen molar-refractivity contribution in [2.24, 2.45) is 0 Å². The van der Waals surface area contributed by atoms with Crippen LogP contribution in [0.15, 0.2) is 118 Å². The van der Waals surface area contributed by atoms with E-state index in [1.54, 1.807) is 0 Å². The lowest BCUT2D eigenvalue weighted by atomic mass is 9.75. The van der Waals surface area contributed by atoms with Gasteiger partial charge in [0, 0.05) is 8.95 Å². The summed E-state index contributed by atoms with van der Waals surface area (Å²) in [4.78, 5) is 0. The third-order valence-corrected chi connectivity index (χ3v) is 10.4. The number of benzene rings is 6. The summed E-state index contributed by atoms with van der Waals surface area (Å²) >= 11 is 7.25. The van der Waals surface area contributed by atoms with E-state index in [-0.39, 0.29) is 0 Å². The molecule has 44 heavy (non-hydrogen) atoms. The fourth-order valence-corrected chi connectivity index (χ4v) is 7.93. The van der Waals surface area contributed by atoms with E-state index in [9.17, 15) is 0 Å². The molecular weight excluding hydrogens is 672 g/mol. The predicted molar refractivity (Wildman–Crippen MR) is 185 cm³/mol. The molecule has 0 atom stereocenters. The molecule has 2 heterocycles. The molecular formula is C40H26Br2O2. The molecule has 3 aliphatic rings. The Morgan fingerprint density at radius 2 is 0.727 bits per heavy atom. The highest BCUT2D eigenvalue weighted by Crippen LogP contribution is 2.54. The van der Waals surface area contributed by atoms with Crippen LogP contribution in [0.4, 0.5) is 0 Å². The zero-order valence-corrected chi connectivity index (χ0v) is 27.0. The van der Waals surface area contributed by atoms with Crippen LogP contribution in [-0.4, -0.2) is 0 Å². The van der Waals surface area contributed by atoms with E-state index >= 15 is 0 Å². The molecule has 1 aliphatic carbocycles. The van der Waals surface area contributed by atoms with Crippen LogP contribution in [0.3, 0.4) is 0 Å². The van der Waals surface area contributed by atoms with E-state index < -0.39 is 0 Å². The average Bonchev–Trinajstić information content (AvgIpc) is 3.75. The third kappa shape index (κ3) is 4.05. The summed E-state index contributed by atoms with van der Waals surface area (Å²) in [7, 11) is 0. The van der Waals surface area contributed by atoms with Crippen molar-refractivity contribution in [3.8, 4) is 66.8 Å². The summed E-state index contributed by atoms with van der Waals surface area (Å²) in [6.45, 7) is 2.45. The van der Waals surface area contributed by atoms with Gasteiger partial charge in [0.15, 0.2) is 0 Å². The van der Waals surface area contributed by atoms with Crippen LogP contribution in [0, 0.1) is 0 Å². The van der Waals surface area contributed by atoms with Gasteiger partial charge in [0.25, 0.3) is 0 Å². The fourth-order valence-electron chi connectivity index (χ4n) is 7.40. The molecule has 0 saturated carbocycles. The topological polar surface area (TPSA) is 18.5 Å². The zero-order valence-electron chi connectivity index (χ0n) is 23.8. The largest absolute Gasteiger partial charge is 0.372 e. The highest BCUT2D eigenvalue weighted by molar-refractivity contribution is 9.10. The Morgan fingerprint density at radius 3 is 1.14 bits per heavy atom. The molecule has 212 valence electrons. The number of hydrogen-bond donors (Lipinski definition) is 0. The van der Waals surface area contributed by atoms with Gasteiger partial charge >= 0.3 is 0 Å². The molecule has 0 bridgehead atoms. The van der Waals surface area contributed by atoms with Crippen molar-refractivity contribution >= 4 is 31.9 Å². The van der Waals surface area contributed by atoms with Crippen LogP contribution >= 0.6 is 31.9 Å². The lowest BCUT2D eigenvalue weighted by Gasteiger charge is -2.28. The maximum absolute atomic E-state index is 6.23. The SMILES string of the molecule is Brc1ccc(-c2cc3c(c4c2COC4)-c2ccccc2-c2cc(-c4ccc(Br)cc4)c4c(c2-c2ccccc2-3)COC4)cc1. The van der Waals surface area contributed by atoms with E-state index in [1.165, 1.54) is 89.0 Å². The van der Waals surface area contributed by atoms with Crippen LogP contribution in [0.5, 0.6) is 0 Å². The van der Waals surface area contributed by atoms with Gasteiger partial charge in [-0.2, -0.15) is 0 Å². The van der Waals surface area contributed by atoms with Gasteiger partial charge in [-0.05, 0) is 125 Å². The van der Waals surface area contributed by atoms with Crippen LogP contribution in [-0.2, 0) is 35.9 Å². The minimum atomic E-state index is 0.605. The van der Waals surface area contributed by atoms with Crippen molar-refractivity contribution in [3.05, 3.63) is 140 Å². The quantitative estimate of drug-likeness (QED) is 0.179. The summed E-state index contributed by atoms with van der Waals surface area (Å²) in [5, 5.41) is 0. The summed E-state index contributed by atoms with van der Waals surface area (Å²) < 4.78 is 14.6. The van der Waals surface area contributed by atoms with Gasteiger partial charge in [-0.15, -0.1) is 0 Å². The van der Waals surface area contributed by atoms with E-state index in [0.717, 1.165) is 8.95 Å². The van der Waals surface area contributed by atoms with Crippen LogP contribution in [0.2, 0.25) is 0 Å². The molecule has 0 saturated heterocycles. The van der Waals surface area contributed by atoms with Gasteiger partial charge in [-0.25, -0.2) is 0 Å². The molecule has 4 heteroatoms. The number of rotatable bonds is 2. The Labute approximate surface area is 273 Å². The molecule has 2 nitrogen and oxygen atoms in total. The molecule has 0 radical (unpaired) electrons. The number of halogens is 2. The first-order valence-electron chi connectivity index (χ1n) is 14.9. The van der Waals surface area contributed by atoms with Crippen LogP contribution in [0.1, 0.15) is 22.3 Å². The van der Waals surface area contributed by atoms with Gasteiger partial charge in [0.05, 0.1) is 26.4 Å². The van der Waals surface area contributed by atoms with E-state index in [2.05, 4.69) is 141 Å². The molecule has 0 fully saturated rings. The monoisotopic (exact) mass is 696 g/mol. The van der Waals surface area contributed by atoms with Gasteiger partial charge in [0.1, 0.15) is 0 Å². The van der Waals surface area contributed by atoms with Gasteiger partial charge in [0.2, 0.25) is 0 Å². The zero-order chi connectivity index (χ0) is 29.4. The molecule has 2 aliphatic heterocycles. The molecule has 6 aromatic carbocycles. The molecule has 0 unspecified atom stereocenters. The Kier molecular flexibility index (Phi) is 6.28. The van der Waals surface area contributed by atoms with Crippen molar-refractivity contribution in [1.29, 1.82) is 0 Å². The Morgan fingerprint density at radius 1 is 0.364 bits per heavy atom. The van der Waals surface area contributed by atoms with Crippen LogP contribution in [0.25, 0.3) is 66.8 Å². The predicted octanol–water partition coefficient (Wildman–Crippen LogP) is 11.6. The van der Waals surface area contributed by atoms with Crippen molar-refractivity contribution in [1.82, 2.24) is 0 Å². The van der Waals surface area contributed by atoms with Crippen molar-refractivity contribution in [2.75, 3.05) is 0 Å². The van der Waals surface area contributed by atoms with Crippen molar-refractivity contribution in [3.63, 3.8) is 0 Å². The first kappa shape index (κ1) is 26.6.